The fourth-order valence-electron chi connectivity index (χ4n) is 3.80. The van der Waals surface area contributed by atoms with Crippen LogP contribution in [0.1, 0.15) is 42.5 Å². The highest BCUT2D eigenvalue weighted by atomic mass is 35.5. The predicted octanol–water partition coefficient (Wildman–Crippen LogP) is 3.57. The van der Waals surface area contributed by atoms with Gasteiger partial charge in [-0.2, -0.15) is 13.2 Å². The molecule has 13 heteroatoms. The normalized spacial score (nSPS) is 16.1. The second-order valence-corrected chi connectivity index (χ2v) is 7.58. The third kappa shape index (κ3) is 5.71. The number of benzene rings is 1. The Labute approximate surface area is 186 Å². The molecule has 32 heavy (non-hydrogen) atoms. The molecular weight excluding hydrogens is 464 g/mol. The molecule has 0 spiro atoms. The monoisotopic (exact) mass is 485 g/mol. The van der Waals surface area contributed by atoms with Crippen LogP contribution in [0.4, 0.5) is 26.3 Å². The number of carbonyl (C=O) groups is 1. The van der Waals surface area contributed by atoms with Gasteiger partial charge in [-0.3, -0.25) is 4.79 Å². The number of alkyl halides is 3. The van der Waals surface area contributed by atoms with E-state index in [1.807, 2.05) is 0 Å². The summed E-state index contributed by atoms with van der Waals surface area (Å²) in [4.78, 5) is 14.0. The summed E-state index contributed by atoms with van der Waals surface area (Å²) in [7, 11) is 0. The molecule has 178 valence electrons. The molecule has 1 saturated heterocycles. The summed E-state index contributed by atoms with van der Waals surface area (Å²) in [6.07, 6.45) is -4.40. The predicted molar refractivity (Wildman–Crippen MR) is 104 cm³/mol. The molecule has 1 aromatic carbocycles. The number of hydrogen-bond acceptors (Lipinski definition) is 4. The molecule has 2 heterocycles. The van der Waals surface area contributed by atoms with Crippen LogP contribution in [0, 0.1) is 24.4 Å². The number of piperidine rings is 1. The highest BCUT2D eigenvalue weighted by molar-refractivity contribution is 5.85. The summed E-state index contributed by atoms with van der Waals surface area (Å²) in [5.74, 6) is -4.74. The van der Waals surface area contributed by atoms with E-state index in [0.717, 1.165) is 4.57 Å². The van der Waals surface area contributed by atoms with Crippen molar-refractivity contribution in [1.29, 1.82) is 0 Å². The van der Waals surface area contributed by atoms with Crippen LogP contribution in [0.2, 0.25) is 0 Å². The van der Waals surface area contributed by atoms with Gasteiger partial charge in [0.1, 0.15) is 11.6 Å². The number of rotatable bonds is 5. The van der Waals surface area contributed by atoms with E-state index in [1.54, 1.807) is 0 Å². The molecule has 0 bridgehead atoms. The minimum atomic E-state index is -4.63. The van der Waals surface area contributed by atoms with Crippen molar-refractivity contribution in [1.82, 2.24) is 19.7 Å². The third-order valence-electron chi connectivity index (χ3n) is 5.31. The van der Waals surface area contributed by atoms with Crippen LogP contribution in [-0.4, -0.2) is 44.7 Å². The quantitative estimate of drug-likeness (QED) is 0.519. The Morgan fingerprint density at radius 2 is 1.72 bits per heavy atom. The van der Waals surface area contributed by atoms with Crippen molar-refractivity contribution in [3.8, 4) is 0 Å². The zero-order valence-corrected chi connectivity index (χ0v) is 17.8. The van der Waals surface area contributed by atoms with Gasteiger partial charge in [-0.25, -0.2) is 13.2 Å². The topological polar surface area (TPSA) is 77.0 Å². The minimum absolute atomic E-state index is 0. The molecule has 0 aliphatic carbocycles. The number of likely N-dealkylation sites (tertiary alicyclic amines) is 1. The number of hydrogen-bond donors (Lipinski definition) is 1. The maximum Gasteiger partial charge on any atom is 0.451 e. The van der Waals surface area contributed by atoms with Gasteiger partial charge >= 0.3 is 6.18 Å². The Balaban J connectivity index is 0.00000363. The molecule has 2 N–H and O–H groups in total. The van der Waals surface area contributed by atoms with Crippen LogP contribution in [0.15, 0.2) is 12.1 Å². The molecule has 6 nitrogen and oxygen atoms in total. The average molecular weight is 486 g/mol. The lowest BCUT2D eigenvalue weighted by Gasteiger charge is -2.34. The highest BCUT2D eigenvalue weighted by Crippen LogP contribution is 2.33. The van der Waals surface area contributed by atoms with Gasteiger partial charge in [-0.05, 0) is 37.8 Å². The van der Waals surface area contributed by atoms with E-state index in [2.05, 4.69) is 10.2 Å². The summed E-state index contributed by atoms with van der Waals surface area (Å²) < 4.78 is 80.6. The molecular formula is C19H22ClF6N5O. The van der Waals surface area contributed by atoms with E-state index in [0.29, 0.717) is 12.1 Å². The molecule has 0 saturated carbocycles. The summed E-state index contributed by atoms with van der Waals surface area (Å²) in [6, 6.07) is -0.200. The molecule has 1 aromatic heterocycles. The fraction of sp³-hybridized carbons (Fsp3) is 0.526. The lowest BCUT2D eigenvalue weighted by molar-refractivity contribution is -0.149. The van der Waals surface area contributed by atoms with Crippen molar-refractivity contribution in [2.75, 3.05) is 13.1 Å². The van der Waals surface area contributed by atoms with Crippen LogP contribution < -0.4 is 5.73 Å². The SMILES string of the molecule is Cc1nnc(C(F)(F)F)n1C1CCN(C(=O)C[C@H](N)Cc2cc(F)c(F)cc2F)CC1.Cl. The maximum atomic E-state index is 13.8. The number of nitrogens with zero attached hydrogens (tertiary/aromatic N) is 4. The Morgan fingerprint density at radius 1 is 1.12 bits per heavy atom. The number of aromatic nitrogens is 3. The first kappa shape index (κ1) is 25.9. The van der Waals surface area contributed by atoms with Crippen LogP contribution in [-0.2, 0) is 17.4 Å². The van der Waals surface area contributed by atoms with Crippen LogP contribution in [0.5, 0.6) is 0 Å². The van der Waals surface area contributed by atoms with Gasteiger partial charge in [0.25, 0.3) is 0 Å². The standard InChI is InChI=1S/C19H21F6N5O.ClH/c1-10-27-28-18(19(23,24)25)30(10)13-2-4-29(5-3-13)17(31)8-12(26)6-11-7-15(21)16(22)9-14(11)20;/h7,9,12-13H,2-6,8,26H2,1H3;1H/t12-;/m1./s1. The number of carbonyl (C=O) groups excluding carboxylic acids is 1. The summed E-state index contributed by atoms with van der Waals surface area (Å²) >= 11 is 0. The van der Waals surface area contributed by atoms with Gasteiger partial charge in [0.15, 0.2) is 11.6 Å². The van der Waals surface area contributed by atoms with Crippen molar-refractivity contribution < 1.29 is 31.1 Å². The molecule has 1 aliphatic heterocycles. The Kier molecular flexibility index (Phi) is 8.16. The Morgan fingerprint density at radius 3 is 2.31 bits per heavy atom. The summed E-state index contributed by atoms with van der Waals surface area (Å²) in [5, 5.41) is 6.75. The molecule has 1 amide bonds. The van der Waals surface area contributed by atoms with E-state index >= 15 is 0 Å². The summed E-state index contributed by atoms with van der Waals surface area (Å²) in [6.45, 7) is 1.87. The Bertz CT molecular complexity index is 958. The van der Waals surface area contributed by atoms with E-state index in [1.165, 1.54) is 11.8 Å². The summed E-state index contributed by atoms with van der Waals surface area (Å²) in [5.41, 5.74) is 5.75. The molecule has 3 rings (SSSR count). The van der Waals surface area contributed by atoms with Gasteiger partial charge < -0.3 is 15.2 Å². The minimum Gasteiger partial charge on any atom is -0.342 e. The van der Waals surface area contributed by atoms with Crippen LogP contribution >= 0.6 is 12.4 Å². The number of amides is 1. The van der Waals surface area contributed by atoms with Crippen molar-refractivity contribution >= 4 is 18.3 Å². The van der Waals surface area contributed by atoms with Crippen molar-refractivity contribution in [3.63, 3.8) is 0 Å². The molecule has 1 fully saturated rings. The van der Waals surface area contributed by atoms with Crippen LogP contribution in [0.3, 0.4) is 0 Å². The highest BCUT2D eigenvalue weighted by Gasteiger charge is 2.40. The van der Waals surface area contributed by atoms with Crippen molar-refractivity contribution in [3.05, 3.63) is 46.8 Å². The average Bonchev–Trinajstić information content (AvgIpc) is 3.08. The van der Waals surface area contributed by atoms with Crippen LogP contribution in [0.25, 0.3) is 0 Å². The maximum absolute atomic E-state index is 13.8. The largest absolute Gasteiger partial charge is 0.451 e. The van der Waals surface area contributed by atoms with Crippen molar-refractivity contribution in [2.24, 2.45) is 5.73 Å². The number of nitrogens with two attached hydrogens (primary N) is 1. The zero-order chi connectivity index (χ0) is 22.9. The van der Waals surface area contributed by atoms with Gasteiger partial charge in [-0.15, -0.1) is 22.6 Å². The molecule has 1 atom stereocenters. The third-order valence-corrected chi connectivity index (χ3v) is 5.31. The van der Waals surface area contributed by atoms with Gasteiger partial charge in [0.2, 0.25) is 11.7 Å². The molecule has 0 unspecified atom stereocenters. The van der Waals surface area contributed by atoms with Gasteiger partial charge in [-0.1, -0.05) is 0 Å². The molecule has 0 radical (unpaired) electrons. The van der Waals surface area contributed by atoms with E-state index in [-0.39, 0.29) is 68.5 Å². The first-order valence-electron chi connectivity index (χ1n) is 9.62. The fourth-order valence-corrected chi connectivity index (χ4v) is 3.80. The molecule has 1 aliphatic rings. The number of halogens is 7. The van der Waals surface area contributed by atoms with E-state index in [4.69, 9.17) is 5.73 Å². The second kappa shape index (κ2) is 10.1. The van der Waals surface area contributed by atoms with Gasteiger partial charge in [0.05, 0.1) is 0 Å². The van der Waals surface area contributed by atoms with E-state index < -0.39 is 41.5 Å². The van der Waals surface area contributed by atoms with Crippen molar-refractivity contribution in [2.45, 2.75) is 50.9 Å². The first-order chi connectivity index (χ1) is 14.5. The van der Waals surface area contributed by atoms with E-state index in [9.17, 15) is 31.1 Å². The smallest absolute Gasteiger partial charge is 0.342 e. The second-order valence-electron chi connectivity index (χ2n) is 7.58. The Hall–Kier alpha value is -2.34. The molecule has 2 aromatic rings. The lowest BCUT2D eigenvalue weighted by atomic mass is 10.0. The zero-order valence-electron chi connectivity index (χ0n) is 17.0. The first-order valence-corrected chi connectivity index (χ1v) is 9.62. The number of aryl methyl sites for hydroxylation is 1. The van der Waals surface area contributed by atoms with Gasteiger partial charge in [0, 0.05) is 37.7 Å². The lowest BCUT2D eigenvalue weighted by Crippen LogP contribution is -2.42.